The summed E-state index contributed by atoms with van der Waals surface area (Å²) < 4.78 is 0. The first-order valence-corrected chi connectivity index (χ1v) is 6.61. The molecule has 1 fully saturated rings. The van der Waals surface area contributed by atoms with E-state index in [0.717, 1.165) is 25.6 Å². The molecule has 0 saturated heterocycles. The van der Waals surface area contributed by atoms with Gasteiger partial charge in [-0.2, -0.15) is 0 Å². The largest absolute Gasteiger partial charge is 0.370 e. The van der Waals surface area contributed by atoms with Gasteiger partial charge in [-0.05, 0) is 32.4 Å². The summed E-state index contributed by atoms with van der Waals surface area (Å²) in [6, 6.07) is 0. The van der Waals surface area contributed by atoms with Gasteiger partial charge in [0.05, 0.1) is 12.1 Å². The van der Waals surface area contributed by atoms with Crippen LogP contribution in [-0.2, 0) is 0 Å². The second-order valence-corrected chi connectivity index (χ2v) is 6.40. The molecule has 0 amide bonds. The summed E-state index contributed by atoms with van der Waals surface area (Å²) in [6.45, 7) is 7.66. The molecule has 0 aromatic heterocycles. The molecule has 1 saturated carbocycles. The number of nitrogens with zero attached hydrogens (tertiary/aromatic N) is 3. The van der Waals surface area contributed by atoms with Gasteiger partial charge in [-0.3, -0.25) is 4.99 Å². The Balaban J connectivity index is 2.17. The molecule has 1 spiro atoms. The Morgan fingerprint density at radius 3 is 2.59 bits per heavy atom. The third-order valence-corrected chi connectivity index (χ3v) is 4.72. The maximum absolute atomic E-state index is 6.10. The molecule has 1 heterocycles. The molecule has 0 aromatic carbocycles. The van der Waals surface area contributed by atoms with Crippen LogP contribution in [0.4, 0.5) is 0 Å². The van der Waals surface area contributed by atoms with E-state index in [0.29, 0.717) is 5.41 Å². The second kappa shape index (κ2) is 4.16. The Labute approximate surface area is 105 Å². The van der Waals surface area contributed by atoms with Crippen LogP contribution in [0.1, 0.15) is 33.1 Å². The van der Waals surface area contributed by atoms with Crippen LogP contribution < -0.4 is 5.73 Å². The molecule has 0 bridgehead atoms. The van der Waals surface area contributed by atoms with Crippen LogP contribution in [-0.4, -0.2) is 55.0 Å². The van der Waals surface area contributed by atoms with E-state index < -0.39 is 0 Å². The maximum atomic E-state index is 6.10. The first-order valence-electron chi connectivity index (χ1n) is 6.61. The molecule has 1 unspecified atom stereocenters. The van der Waals surface area contributed by atoms with Crippen LogP contribution in [0.5, 0.6) is 0 Å². The minimum Gasteiger partial charge on any atom is -0.370 e. The van der Waals surface area contributed by atoms with Gasteiger partial charge in [0.1, 0.15) is 0 Å². The van der Waals surface area contributed by atoms with Gasteiger partial charge in [0, 0.05) is 13.1 Å². The van der Waals surface area contributed by atoms with E-state index in [1.165, 1.54) is 19.3 Å². The van der Waals surface area contributed by atoms with E-state index in [9.17, 15) is 0 Å². The lowest BCUT2D eigenvalue weighted by Crippen LogP contribution is -2.58. The summed E-state index contributed by atoms with van der Waals surface area (Å²) in [7, 11) is 4.21. The second-order valence-electron chi connectivity index (χ2n) is 6.40. The zero-order valence-electron chi connectivity index (χ0n) is 11.7. The van der Waals surface area contributed by atoms with E-state index >= 15 is 0 Å². The average molecular weight is 238 g/mol. The fraction of sp³-hybridized carbons (Fsp3) is 0.923. The third kappa shape index (κ3) is 1.92. The molecule has 0 radical (unpaired) electrons. The Morgan fingerprint density at radius 2 is 2.06 bits per heavy atom. The smallest absolute Gasteiger partial charge is 0.191 e. The zero-order chi connectivity index (χ0) is 12.7. The van der Waals surface area contributed by atoms with Gasteiger partial charge in [0.2, 0.25) is 0 Å². The molecule has 4 heteroatoms. The predicted octanol–water partition coefficient (Wildman–Crippen LogP) is 1.13. The van der Waals surface area contributed by atoms with Crippen LogP contribution in [0, 0.1) is 5.41 Å². The van der Waals surface area contributed by atoms with Gasteiger partial charge in [0.15, 0.2) is 5.96 Å². The van der Waals surface area contributed by atoms with E-state index in [1.807, 2.05) is 0 Å². The fourth-order valence-corrected chi connectivity index (χ4v) is 3.42. The minimum absolute atomic E-state index is 0.188. The molecule has 4 nitrogen and oxygen atoms in total. The van der Waals surface area contributed by atoms with Crippen molar-refractivity contribution in [2.75, 3.05) is 33.7 Å². The number of hydrogen-bond donors (Lipinski definition) is 1. The van der Waals surface area contributed by atoms with Crippen LogP contribution in [0.25, 0.3) is 0 Å². The quantitative estimate of drug-likeness (QED) is 0.801. The summed E-state index contributed by atoms with van der Waals surface area (Å²) in [5, 5.41) is 0. The number of hydrogen-bond acceptors (Lipinski definition) is 4. The first kappa shape index (κ1) is 12.7. The van der Waals surface area contributed by atoms with Gasteiger partial charge in [-0.1, -0.05) is 20.3 Å². The number of guanidine groups is 1. The topological polar surface area (TPSA) is 44.9 Å². The summed E-state index contributed by atoms with van der Waals surface area (Å²) in [5.41, 5.74) is 6.61. The lowest BCUT2D eigenvalue weighted by atomic mass is 9.74. The number of likely N-dealkylation sites (N-methyl/N-ethyl adjacent to an activating group) is 1. The molecule has 17 heavy (non-hydrogen) atoms. The number of nitrogens with two attached hydrogens (primary N) is 1. The summed E-state index contributed by atoms with van der Waals surface area (Å²) in [6.07, 6.45) is 3.82. The van der Waals surface area contributed by atoms with Crippen molar-refractivity contribution in [3.05, 3.63) is 0 Å². The van der Waals surface area contributed by atoms with Crippen molar-refractivity contribution in [2.45, 2.75) is 38.6 Å². The standard InChI is InChI=1S/C13H26N4/c1-12(2)6-5-7-13(12)10-15-11(14)17(13)9-8-16(3)4/h5-10H2,1-4H3,(H2,14,15). The minimum atomic E-state index is 0.188. The van der Waals surface area contributed by atoms with Crippen LogP contribution in [0.15, 0.2) is 4.99 Å². The molecule has 2 N–H and O–H groups in total. The maximum Gasteiger partial charge on any atom is 0.191 e. The van der Waals surface area contributed by atoms with Gasteiger partial charge in [-0.25, -0.2) is 0 Å². The van der Waals surface area contributed by atoms with Gasteiger partial charge < -0.3 is 15.5 Å². The van der Waals surface area contributed by atoms with Crippen molar-refractivity contribution >= 4 is 5.96 Å². The monoisotopic (exact) mass is 238 g/mol. The van der Waals surface area contributed by atoms with Crippen molar-refractivity contribution in [3.8, 4) is 0 Å². The Kier molecular flexibility index (Phi) is 3.10. The highest BCUT2D eigenvalue weighted by Crippen LogP contribution is 2.51. The summed E-state index contributed by atoms with van der Waals surface area (Å²) in [4.78, 5) is 9.11. The lowest BCUT2D eigenvalue weighted by Gasteiger charge is -2.46. The normalized spacial score (nSPS) is 31.6. The van der Waals surface area contributed by atoms with E-state index in [-0.39, 0.29) is 5.54 Å². The first-order chi connectivity index (χ1) is 7.89. The van der Waals surface area contributed by atoms with Crippen LogP contribution in [0.2, 0.25) is 0 Å². The molecule has 2 aliphatic rings. The summed E-state index contributed by atoms with van der Waals surface area (Å²) >= 11 is 0. The molecule has 98 valence electrons. The lowest BCUT2D eigenvalue weighted by molar-refractivity contribution is 0.0788. The SMILES string of the molecule is CN(C)CCN1C(N)=NCC12CCCC2(C)C. The molecule has 2 rings (SSSR count). The Hall–Kier alpha value is -0.770. The van der Waals surface area contributed by atoms with Crippen molar-refractivity contribution in [3.63, 3.8) is 0 Å². The number of rotatable bonds is 3. The van der Waals surface area contributed by atoms with Gasteiger partial charge in [0.25, 0.3) is 0 Å². The van der Waals surface area contributed by atoms with Crippen LogP contribution >= 0.6 is 0 Å². The molecule has 1 aliphatic carbocycles. The number of aliphatic imine (C=N–C) groups is 1. The Morgan fingerprint density at radius 1 is 1.35 bits per heavy atom. The van der Waals surface area contributed by atoms with Crippen molar-refractivity contribution in [1.82, 2.24) is 9.80 Å². The van der Waals surface area contributed by atoms with Gasteiger partial charge in [-0.15, -0.1) is 0 Å². The van der Waals surface area contributed by atoms with E-state index in [1.54, 1.807) is 0 Å². The highest BCUT2D eigenvalue weighted by molar-refractivity contribution is 5.81. The zero-order valence-corrected chi connectivity index (χ0v) is 11.7. The predicted molar refractivity (Wildman–Crippen MR) is 72.1 cm³/mol. The van der Waals surface area contributed by atoms with Crippen LogP contribution in [0.3, 0.4) is 0 Å². The highest BCUT2D eigenvalue weighted by atomic mass is 15.4. The highest BCUT2D eigenvalue weighted by Gasteiger charge is 2.55. The molecular weight excluding hydrogens is 212 g/mol. The fourth-order valence-electron chi connectivity index (χ4n) is 3.42. The van der Waals surface area contributed by atoms with E-state index in [4.69, 9.17) is 5.73 Å². The van der Waals surface area contributed by atoms with Crippen molar-refractivity contribution in [1.29, 1.82) is 0 Å². The molecular formula is C13H26N4. The van der Waals surface area contributed by atoms with Gasteiger partial charge >= 0.3 is 0 Å². The average Bonchev–Trinajstić information content (AvgIpc) is 2.68. The third-order valence-electron chi connectivity index (χ3n) is 4.72. The summed E-state index contributed by atoms with van der Waals surface area (Å²) in [5.74, 6) is 0.752. The molecule has 1 aliphatic heterocycles. The Bertz CT molecular complexity index is 321. The van der Waals surface area contributed by atoms with E-state index in [2.05, 4.69) is 42.7 Å². The van der Waals surface area contributed by atoms with Crippen molar-refractivity contribution in [2.24, 2.45) is 16.1 Å². The molecule has 0 aromatic rings. The van der Waals surface area contributed by atoms with Crippen molar-refractivity contribution < 1.29 is 0 Å². The molecule has 1 atom stereocenters.